The number of Topliss-reactive ketones (excluding diaryl/α,β-unsaturated/α-hetero) is 1. The van der Waals surface area contributed by atoms with Crippen molar-refractivity contribution in [2.45, 2.75) is 84.0 Å². The van der Waals surface area contributed by atoms with Gasteiger partial charge in [0.1, 0.15) is 12.1 Å². The maximum Gasteiger partial charge on any atom is 0.405 e. The number of ketones is 1. The van der Waals surface area contributed by atoms with Gasteiger partial charge in [-0.1, -0.05) is 13.8 Å². The van der Waals surface area contributed by atoms with E-state index in [0.29, 0.717) is 18.9 Å². The minimum atomic E-state index is -1.36. The average Bonchev–Trinajstić information content (AvgIpc) is 3.54. The molecule has 0 aromatic carbocycles. The van der Waals surface area contributed by atoms with Crippen LogP contribution < -0.4 is 26.6 Å². The minimum absolute atomic E-state index is 0.0384. The summed E-state index contributed by atoms with van der Waals surface area (Å²) >= 11 is 0. The van der Waals surface area contributed by atoms with Crippen molar-refractivity contribution >= 4 is 35.5 Å². The van der Waals surface area contributed by atoms with Crippen LogP contribution in [0, 0.1) is 17.8 Å². The molecule has 2 aliphatic rings. The summed E-state index contributed by atoms with van der Waals surface area (Å²) in [5.74, 6) is -3.41. The molecule has 2 fully saturated rings. The normalized spacial score (nSPS) is 19.3. The first kappa shape index (κ1) is 32.0. The van der Waals surface area contributed by atoms with E-state index in [-0.39, 0.29) is 37.3 Å². The Morgan fingerprint density at radius 1 is 0.923 bits per heavy atom. The van der Waals surface area contributed by atoms with E-state index >= 15 is 0 Å². The third-order valence-corrected chi connectivity index (χ3v) is 6.67. The Hall–Kier alpha value is -3.22. The van der Waals surface area contributed by atoms with Crippen molar-refractivity contribution in [3.8, 4) is 0 Å². The molecule has 0 radical (unpaired) electrons. The number of carboxylic acid groups (broad SMARTS) is 1. The van der Waals surface area contributed by atoms with Gasteiger partial charge in [-0.2, -0.15) is 0 Å². The quantitative estimate of drug-likeness (QED) is 0.140. The molecule has 1 saturated carbocycles. The lowest BCUT2D eigenvalue weighted by molar-refractivity contribution is -0.141. The molecule has 13 nitrogen and oxygen atoms in total. The van der Waals surface area contributed by atoms with E-state index in [4.69, 9.17) is 0 Å². The molecule has 5 amide bonds. The van der Waals surface area contributed by atoms with E-state index < -0.39 is 53.6 Å². The number of carbonyl (C=O) groups excluding carboxylic acids is 5. The highest BCUT2D eigenvalue weighted by Gasteiger charge is 2.36. The van der Waals surface area contributed by atoms with Crippen LogP contribution in [-0.4, -0.2) is 96.4 Å². The zero-order chi connectivity index (χ0) is 29.3. The maximum atomic E-state index is 13.4. The lowest BCUT2D eigenvalue weighted by Crippen LogP contribution is -2.59. The Balaban J connectivity index is 2.18. The van der Waals surface area contributed by atoms with Crippen molar-refractivity contribution in [3.05, 3.63) is 0 Å². The Morgan fingerprint density at radius 2 is 1.54 bits per heavy atom. The number of nitrogens with zero attached hydrogens (tertiary/aromatic N) is 1. The molecule has 0 bridgehead atoms. The van der Waals surface area contributed by atoms with Crippen molar-refractivity contribution < 1.29 is 33.9 Å². The largest absolute Gasteiger partial charge is 0.465 e. The van der Waals surface area contributed by atoms with E-state index in [1.165, 1.54) is 0 Å². The molecule has 0 spiro atoms. The van der Waals surface area contributed by atoms with Crippen LogP contribution in [0.1, 0.15) is 59.8 Å². The Bertz CT molecular complexity index is 920. The molecule has 1 saturated heterocycles. The monoisotopic (exact) mass is 552 g/mol. The highest BCUT2D eigenvalue weighted by molar-refractivity contribution is 6.38. The Labute approximate surface area is 229 Å². The molecule has 6 N–H and O–H groups in total. The van der Waals surface area contributed by atoms with E-state index in [1.807, 2.05) is 18.7 Å². The van der Waals surface area contributed by atoms with Gasteiger partial charge in [-0.05, 0) is 64.8 Å². The van der Waals surface area contributed by atoms with Gasteiger partial charge in [-0.3, -0.25) is 24.0 Å². The molecule has 0 aromatic rings. The summed E-state index contributed by atoms with van der Waals surface area (Å²) in [4.78, 5) is 77.4. The van der Waals surface area contributed by atoms with Crippen LogP contribution in [0.25, 0.3) is 0 Å². The molecule has 0 aromatic heterocycles. The highest BCUT2D eigenvalue weighted by atomic mass is 16.4. The van der Waals surface area contributed by atoms with Crippen LogP contribution in [0.2, 0.25) is 0 Å². The van der Waals surface area contributed by atoms with Crippen LogP contribution in [0.5, 0.6) is 0 Å². The second-order valence-electron chi connectivity index (χ2n) is 11.4. The summed E-state index contributed by atoms with van der Waals surface area (Å²) in [5, 5.41) is 21.9. The summed E-state index contributed by atoms with van der Waals surface area (Å²) in [6, 6.07) is -3.79. The number of carbonyl (C=O) groups is 6. The molecule has 1 aliphatic heterocycles. The van der Waals surface area contributed by atoms with Gasteiger partial charge >= 0.3 is 6.09 Å². The summed E-state index contributed by atoms with van der Waals surface area (Å²) in [6.07, 6.45) is 1.45. The van der Waals surface area contributed by atoms with Crippen molar-refractivity contribution in [1.29, 1.82) is 0 Å². The zero-order valence-electron chi connectivity index (χ0n) is 23.5. The van der Waals surface area contributed by atoms with Gasteiger partial charge in [0, 0.05) is 31.6 Å². The van der Waals surface area contributed by atoms with Crippen LogP contribution >= 0.6 is 0 Å². The molecule has 13 heteroatoms. The van der Waals surface area contributed by atoms with Crippen LogP contribution in [0.4, 0.5) is 4.79 Å². The maximum absolute atomic E-state index is 13.4. The van der Waals surface area contributed by atoms with Crippen LogP contribution in [0.15, 0.2) is 0 Å². The van der Waals surface area contributed by atoms with Crippen molar-refractivity contribution in [3.63, 3.8) is 0 Å². The number of hydrogen-bond acceptors (Lipinski definition) is 7. The fourth-order valence-corrected chi connectivity index (χ4v) is 4.60. The highest BCUT2D eigenvalue weighted by Crippen LogP contribution is 2.29. The zero-order valence-corrected chi connectivity index (χ0v) is 23.5. The van der Waals surface area contributed by atoms with E-state index in [9.17, 15) is 33.9 Å². The van der Waals surface area contributed by atoms with Gasteiger partial charge in [-0.15, -0.1) is 0 Å². The first-order chi connectivity index (χ1) is 18.3. The van der Waals surface area contributed by atoms with E-state index in [0.717, 1.165) is 19.4 Å². The summed E-state index contributed by atoms with van der Waals surface area (Å²) in [7, 11) is 1.80. The number of hydrogen-bond donors (Lipinski definition) is 6. The molecular formula is C26H44N6O7. The fraction of sp³-hybridized carbons (Fsp3) is 0.769. The topological polar surface area (TPSA) is 186 Å². The first-order valence-electron chi connectivity index (χ1n) is 13.7. The molecule has 2 rings (SSSR count). The molecule has 39 heavy (non-hydrogen) atoms. The second-order valence-corrected chi connectivity index (χ2v) is 11.4. The van der Waals surface area contributed by atoms with E-state index in [1.54, 1.807) is 20.9 Å². The minimum Gasteiger partial charge on any atom is -0.465 e. The summed E-state index contributed by atoms with van der Waals surface area (Å²) in [5.41, 5.74) is 0. The van der Waals surface area contributed by atoms with Crippen molar-refractivity contribution in [2.75, 3.05) is 26.7 Å². The molecule has 1 aliphatic carbocycles. The predicted octanol–water partition coefficient (Wildman–Crippen LogP) is -0.400. The first-order valence-corrected chi connectivity index (χ1v) is 13.7. The number of likely N-dealkylation sites (N-methyl/N-ethyl adjacent to an activating group) is 1. The standard InChI is InChI=1S/C26H44N6O7/c1-14(2)10-19(30-24(36)20(31-26(38)39)13-32(5)12-16-6-7-16)23(35)29-18(11-17-8-9-27-22(17)34)21(33)25(37)28-15(3)4/h14-20,31H,6-13H2,1-5H3,(H,27,34)(H,28,37)(H,29,35)(H,30,36)(H,38,39)/t17-,18-,19-,20-/m0/s1. The molecule has 4 atom stereocenters. The molecular weight excluding hydrogens is 508 g/mol. The second kappa shape index (κ2) is 14.8. The summed E-state index contributed by atoms with van der Waals surface area (Å²) in [6.45, 7) is 8.39. The number of rotatable bonds is 16. The van der Waals surface area contributed by atoms with Gasteiger partial charge in [0.05, 0.1) is 6.04 Å². The van der Waals surface area contributed by atoms with Gasteiger partial charge < -0.3 is 36.6 Å². The molecule has 220 valence electrons. The summed E-state index contributed by atoms with van der Waals surface area (Å²) < 4.78 is 0. The number of amides is 5. The predicted molar refractivity (Wildman–Crippen MR) is 143 cm³/mol. The SMILES string of the molecule is CC(C)C[C@H](NC(=O)[C@H](CN(C)CC1CC1)NC(=O)O)C(=O)N[C@@H](C[C@@H]1CCNC1=O)C(=O)C(=O)NC(C)C. The third-order valence-electron chi connectivity index (χ3n) is 6.67. The smallest absolute Gasteiger partial charge is 0.405 e. The molecule has 0 unspecified atom stereocenters. The van der Waals surface area contributed by atoms with Crippen LogP contribution in [0.3, 0.4) is 0 Å². The van der Waals surface area contributed by atoms with Gasteiger partial charge in [-0.25, -0.2) is 4.79 Å². The van der Waals surface area contributed by atoms with E-state index in [2.05, 4.69) is 26.6 Å². The molecule has 1 heterocycles. The van der Waals surface area contributed by atoms with Gasteiger partial charge in [0.2, 0.25) is 23.5 Å². The van der Waals surface area contributed by atoms with Crippen LogP contribution in [-0.2, 0) is 24.0 Å². The Morgan fingerprint density at radius 3 is 2.05 bits per heavy atom. The van der Waals surface area contributed by atoms with Crippen molar-refractivity contribution in [1.82, 2.24) is 31.5 Å². The van der Waals surface area contributed by atoms with Gasteiger partial charge in [0.15, 0.2) is 0 Å². The Kier molecular flexibility index (Phi) is 12.1. The van der Waals surface area contributed by atoms with Gasteiger partial charge in [0.25, 0.3) is 5.91 Å². The third kappa shape index (κ3) is 11.2. The number of nitrogens with one attached hydrogen (secondary N) is 5. The lowest BCUT2D eigenvalue weighted by Gasteiger charge is -2.28. The average molecular weight is 553 g/mol. The lowest BCUT2D eigenvalue weighted by atomic mass is 9.94. The fourth-order valence-electron chi connectivity index (χ4n) is 4.60. The van der Waals surface area contributed by atoms with Crippen molar-refractivity contribution in [2.24, 2.45) is 17.8 Å².